The van der Waals surface area contributed by atoms with Gasteiger partial charge in [0, 0.05) is 22.6 Å². The van der Waals surface area contributed by atoms with Gasteiger partial charge in [0.05, 0.1) is 22.2 Å². The van der Waals surface area contributed by atoms with Gasteiger partial charge in [0.1, 0.15) is 5.76 Å². The summed E-state index contributed by atoms with van der Waals surface area (Å²) in [5, 5.41) is 2.94. The Kier molecular flexibility index (Phi) is 6.84. The molecule has 6 heteroatoms. The summed E-state index contributed by atoms with van der Waals surface area (Å²) in [6.45, 7) is 6.33. The minimum atomic E-state index is -1.20. The maximum Gasteiger partial charge on any atom is 0.251 e. The van der Waals surface area contributed by atoms with Crippen molar-refractivity contribution in [3.63, 3.8) is 0 Å². The Morgan fingerprint density at radius 1 is 0.879 bits per heavy atom. The van der Waals surface area contributed by atoms with Crippen molar-refractivity contribution in [1.82, 2.24) is 10.3 Å². The van der Waals surface area contributed by atoms with Crippen LogP contribution in [0.25, 0.3) is 11.5 Å². The van der Waals surface area contributed by atoms with Gasteiger partial charge in [-0.15, -0.1) is 0 Å². The fourth-order valence-electron chi connectivity index (χ4n) is 3.34. The maximum absolute atomic E-state index is 12.7. The molecule has 0 saturated heterocycles. The molecule has 1 atom stereocenters. The standard InChI is InChI=1S/C27H26N2O3S/c1-18-4-8-21(9-5-18)16-28-26(30)22-10-12-23(13-11-22)27-29-25(20(3)32-27)17-33(31)24-14-6-19(2)7-15-24/h4-15H,16-17H2,1-3H3,(H,28,30). The van der Waals surface area contributed by atoms with Crippen molar-refractivity contribution < 1.29 is 13.4 Å². The molecule has 0 spiro atoms. The monoisotopic (exact) mass is 458 g/mol. The Hall–Kier alpha value is -3.51. The Morgan fingerprint density at radius 2 is 1.48 bits per heavy atom. The summed E-state index contributed by atoms with van der Waals surface area (Å²) in [4.78, 5) is 17.8. The fraction of sp³-hybridized carbons (Fsp3) is 0.185. The molecule has 3 aromatic carbocycles. The lowest BCUT2D eigenvalue weighted by molar-refractivity contribution is 0.0951. The van der Waals surface area contributed by atoms with Gasteiger partial charge in [-0.2, -0.15) is 0 Å². The molecule has 168 valence electrons. The second-order valence-electron chi connectivity index (χ2n) is 8.07. The van der Waals surface area contributed by atoms with Gasteiger partial charge in [0.25, 0.3) is 5.91 Å². The fourth-order valence-corrected chi connectivity index (χ4v) is 4.46. The van der Waals surface area contributed by atoms with Crippen LogP contribution in [0.1, 0.15) is 38.5 Å². The molecule has 0 aliphatic heterocycles. The molecule has 1 N–H and O–H groups in total. The summed E-state index contributed by atoms with van der Waals surface area (Å²) in [6.07, 6.45) is 0. The third-order valence-corrected chi connectivity index (χ3v) is 6.75. The van der Waals surface area contributed by atoms with E-state index in [0.717, 1.165) is 21.6 Å². The molecule has 0 radical (unpaired) electrons. The van der Waals surface area contributed by atoms with Crippen LogP contribution in [0.4, 0.5) is 0 Å². The molecule has 0 fully saturated rings. The van der Waals surface area contributed by atoms with Gasteiger partial charge in [-0.25, -0.2) is 4.98 Å². The summed E-state index contributed by atoms with van der Waals surface area (Å²) in [7, 11) is -1.20. The highest BCUT2D eigenvalue weighted by atomic mass is 32.2. The smallest absolute Gasteiger partial charge is 0.251 e. The molecule has 1 amide bonds. The van der Waals surface area contributed by atoms with Crippen LogP contribution in [0, 0.1) is 20.8 Å². The topological polar surface area (TPSA) is 72.2 Å². The highest BCUT2D eigenvalue weighted by molar-refractivity contribution is 7.84. The number of aryl methyl sites for hydroxylation is 3. The van der Waals surface area contributed by atoms with Gasteiger partial charge < -0.3 is 9.73 Å². The van der Waals surface area contributed by atoms with Crippen LogP contribution in [-0.2, 0) is 23.1 Å². The maximum atomic E-state index is 12.7. The van der Waals surface area contributed by atoms with Gasteiger partial charge in [0.15, 0.2) is 0 Å². The number of rotatable bonds is 7. The predicted molar refractivity (Wildman–Crippen MR) is 130 cm³/mol. The van der Waals surface area contributed by atoms with Gasteiger partial charge >= 0.3 is 0 Å². The third-order valence-electron chi connectivity index (χ3n) is 5.41. The Bertz CT molecular complexity index is 1270. The number of amides is 1. The summed E-state index contributed by atoms with van der Waals surface area (Å²) in [5.74, 6) is 1.25. The first kappa shape index (κ1) is 22.7. The van der Waals surface area contributed by atoms with E-state index in [9.17, 15) is 9.00 Å². The molecule has 5 nitrogen and oxygen atoms in total. The van der Waals surface area contributed by atoms with E-state index in [1.54, 1.807) is 12.1 Å². The van der Waals surface area contributed by atoms with Crippen LogP contribution in [0.15, 0.2) is 82.1 Å². The highest BCUT2D eigenvalue weighted by Gasteiger charge is 2.16. The SMILES string of the molecule is Cc1ccc(CNC(=O)c2ccc(-c3nc(CS(=O)c4ccc(C)cc4)c(C)o3)cc2)cc1. The average Bonchev–Trinajstić information content (AvgIpc) is 3.19. The van der Waals surface area contributed by atoms with Gasteiger partial charge in [-0.05, 0) is 62.7 Å². The number of nitrogens with one attached hydrogen (secondary N) is 1. The van der Waals surface area contributed by atoms with Crippen molar-refractivity contribution in [1.29, 1.82) is 0 Å². The van der Waals surface area contributed by atoms with Gasteiger partial charge in [-0.3, -0.25) is 9.00 Å². The molecule has 0 saturated carbocycles. The highest BCUT2D eigenvalue weighted by Crippen LogP contribution is 2.24. The van der Waals surface area contributed by atoms with Gasteiger partial charge in [-0.1, -0.05) is 47.5 Å². The van der Waals surface area contributed by atoms with E-state index in [2.05, 4.69) is 10.3 Å². The zero-order valence-electron chi connectivity index (χ0n) is 18.9. The number of nitrogens with zero attached hydrogens (tertiary/aromatic N) is 1. The third kappa shape index (κ3) is 5.65. The molecule has 4 rings (SSSR count). The number of hydrogen-bond acceptors (Lipinski definition) is 4. The Balaban J connectivity index is 1.41. The van der Waals surface area contributed by atoms with Crippen molar-refractivity contribution in [3.8, 4) is 11.5 Å². The molecule has 1 aromatic heterocycles. The van der Waals surface area contributed by atoms with E-state index < -0.39 is 10.8 Å². The second-order valence-corrected chi connectivity index (χ2v) is 9.52. The largest absolute Gasteiger partial charge is 0.441 e. The molecule has 0 aliphatic rings. The number of oxazole rings is 1. The lowest BCUT2D eigenvalue weighted by Crippen LogP contribution is -2.22. The quantitative estimate of drug-likeness (QED) is 0.397. The molecule has 0 aliphatic carbocycles. The van der Waals surface area contributed by atoms with E-state index in [0.29, 0.717) is 29.5 Å². The Labute approximate surface area is 196 Å². The van der Waals surface area contributed by atoms with Crippen molar-refractivity contribution in [2.75, 3.05) is 0 Å². The number of aromatic nitrogens is 1. The van der Waals surface area contributed by atoms with E-state index in [4.69, 9.17) is 4.42 Å². The van der Waals surface area contributed by atoms with Crippen LogP contribution in [0.2, 0.25) is 0 Å². The van der Waals surface area contributed by atoms with Crippen LogP contribution >= 0.6 is 0 Å². The first-order valence-corrected chi connectivity index (χ1v) is 12.1. The summed E-state index contributed by atoms with van der Waals surface area (Å²) in [6, 6.07) is 22.9. The normalized spacial score (nSPS) is 11.8. The lowest BCUT2D eigenvalue weighted by atomic mass is 10.1. The zero-order chi connectivity index (χ0) is 23.4. The van der Waals surface area contributed by atoms with E-state index >= 15 is 0 Å². The molecule has 33 heavy (non-hydrogen) atoms. The van der Waals surface area contributed by atoms with Crippen molar-refractivity contribution in [2.45, 2.75) is 38.0 Å². The molecular formula is C27H26N2O3S. The lowest BCUT2D eigenvalue weighted by Gasteiger charge is -2.06. The summed E-state index contributed by atoms with van der Waals surface area (Å²) in [5.41, 5.74) is 5.37. The molecule has 0 bridgehead atoms. The zero-order valence-corrected chi connectivity index (χ0v) is 19.7. The summed E-state index contributed by atoms with van der Waals surface area (Å²) >= 11 is 0. The van der Waals surface area contributed by atoms with E-state index in [1.165, 1.54) is 5.56 Å². The van der Waals surface area contributed by atoms with E-state index in [-0.39, 0.29) is 11.7 Å². The number of carbonyl (C=O) groups excluding carboxylic acids is 1. The molecule has 1 heterocycles. The predicted octanol–water partition coefficient (Wildman–Crippen LogP) is 5.50. The van der Waals surface area contributed by atoms with E-state index in [1.807, 2.05) is 81.4 Å². The minimum Gasteiger partial charge on any atom is -0.441 e. The number of carbonyl (C=O) groups is 1. The summed E-state index contributed by atoms with van der Waals surface area (Å²) < 4.78 is 18.5. The molecule has 4 aromatic rings. The van der Waals surface area contributed by atoms with Crippen LogP contribution in [-0.4, -0.2) is 15.1 Å². The average molecular weight is 459 g/mol. The van der Waals surface area contributed by atoms with Crippen molar-refractivity contribution in [3.05, 3.63) is 107 Å². The number of hydrogen-bond donors (Lipinski definition) is 1. The van der Waals surface area contributed by atoms with Crippen LogP contribution < -0.4 is 5.32 Å². The minimum absolute atomic E-state index is 0.139. The number of benzene rings is 3. The van der Waals surface area contributed by atoms with Crippen LogP contribution in [0.3, 0.4) is 0 Å². The Morgan fingerprint density at radius 3 is 2.12 bits per heavy atom. The first-order valence-electron chi connectivity index (χ1n) is 10.7. The van der Waals surface area contributed by atoms with Crippen molar-refractivity contribution in [2.24, 2.45) is 0 Å². The molecular weight excluding hydrogens is 432 g/mol. The van der Waals surface area contributed by atoms with Crippen LogP contribution in [0.5, 0.6) is 0 Å². The first-order chi connectivity index (χ1) is 15.9. The second kappa shape index (κ2) is 9.96. The van der Waals surface area contributed by atoms with Gasteiger partial charge in [0.2, 0.25) is 5.89 Å². The molecule has 1 unspecified atom stereocenters. The van der Waals surface area contributed by atoms with Crippen molar-refractivity contribution >= 4 is 16.7 Å².